The van der Waals surface area contributed by atoms with Crippen LogP contribution >= 0.6 is 11.6 Å². The van der Waals surface area contributed by atoms with Gasteiger partial charge in [-0.15, -0.1) is 0 Å². The highest BCUT2D eigenvalue weighted by atomic mass is 35.5. The number of hydrogen-bond acceptors (Lipinski definition) is 2. The van der Waals surface area contributed by atoms with Crippen molar-refractivity contribution in [2.45, 2.75) is 18.8 Å². The Bertz CT molecular complexity index is 348. The van der Waals surface area contributed by atoms with Gasteiger partial charge in [0.15, 0.2) is 0 Å². The summed E-state index contributed by atoms with van der Waals surface area (Å²) in [6.07, 6.45) is 2.12. The molecule has 1 N–H and O–H groups in total. The summed E-state index contributed by atoms with van der Waals surface area (Å²) in [6.45, 7) is 2.67. The number of hydrogen-bond donors (Lipinski definition) is 1. The molecule has 1 aromatic rings. The molecule has 0 radical (unpaired) electrons. The molecule has 88 valence electrons. The number of halogens is 1. The Balaban J connectivity index is 2.09. The molecule has 2 rings (SSSR count). The molecule has 16 heavy (non-hydrogen) atoms. The SMILES string of the molecule is CNCCc1ccc(C2CCOC2)c(Cl)c1. The van der Waals surface area contributed by atoms with Crippen LogP contribution in [0.3, 0.4) is 0 Å². The van der Waals surface area contributed by atoms with E-state index in [2.05, 4.69) is 23.5 Å². The van der Waals surface area contributed by atoms with Gasteiger partial charge in [-0.05, 0) is 43.6 Å². The van der Waals surface area contributed by atoms with Crippen molar-refractivity contribution in [3.05, 3.63) is 34.3 Å². The van der Waals surface area contributed by atoms with Crippen LogP contribution < -0.4 is 5.32 Å². The van der Waals surface area contributed by atoms with Crippen LogP contribution in [0.1, 0.15) is 23.5 Å². The van der Waals surface area contributed by atoms with E-state index in [0.717, 1.165) is 37.6 Å². The molecule has 1 heterocycles. The minimum Gasteiger partial charge on any atom is -0.381 e. The van der Waals surface area contributed by atoms with Gasteiger partial charge in [0.1, 0.15) is 0 Å². The molecule has 0 aliphatic carbocycles. The van der Waals surface area contributed by atoms with Crippen molar-refractivity contribution in [1.82, 2.24) is 5.32 Å². The van der Waals surface area contributed by atoms with Crippen molar-refractivity contribution in [2.75, 3.05) is 26.8 Å². The average molecular weight is 240 g/mol. The maximum Gasteiger partial charge on any atom is 0.0536 e. The maximum absolute atomic E-state index is 6.31. The van der Waals surface area contributed by atoms with Gasteiger partial charge in [-0.1, -0.05) is 23.7 Å². The minimum absolute atomic E-state index is 0.492. The van der Waals surface area contributed by atoms with E-state index in [1.54, 1.807) is 0 Å². The lowest BCUT2D eigenvalue weighted by atomic mass is 9.97. The first-order chi connectivity index (χ1) is 7.81. The number of nitrogens with one attached hydrogen (secondary N) is 1. The first kappa shape index (κ1) is 11.9. The first-order valence-electron chi connectivity index (χ1n) is 5.82. The summed E-state index contributed by atoms with van der Waals surface area (Å²) in [6, 6.07) is 6.43. The first-order valence-corrected chi connectivity index (χ1v) is 6.19. The standard InChI is InChI=1S/C13H18ClNO/c1-15-6-4-10-2-3-12(13(14)8-10)11-5-7-16-9-11/h2-3,8,11,15H,4-7,9H2,1H3. The molecule has 1 fully saturated rings. The second kappa shape index (κ2) is 5.67. The van der Waals surface area contributed by atoms with E-state index in [0.29, 0.717) is 5.92 Å². The molecule has 0 aromatic heterocycles. The van der Waals surface area contributed by atoms with E-state index in [4.69, 9.17) is 16.3 Å². The molecule has 1 aromatic carbocycles. The van der Waals surface area contributed by atoms with Crippen LogP contribution in [0.25, 0.3) is 0 Å². The van der Waals surface area contributed by atoms with E-state index in [1.165, 1.54) is 11.1 Å². The summed E-state index contributed by atoms with van der Waals surface area (Å²) in [5.74, 6) is 0.492. The predicted molar refractivity (Wildman–Crippen MR) is 67.3 cm³/mol. The van der Waals surface area contributed by atoms with E-state index in [1.807, 2.05) is 7.05 Å². The fraction of sp³-hybridized carbons (Fsp3) is 0.538. The highest BCUT2D eigenvalue weighted by molar-refractivity contribution is 6.31. The second-order valence-electron chi connectivity index (χ2n) is 4.27. The molecular formula is C13H18ClNO. The Morgan fingerprint density at radius 3 is 3.00 bits per heavy atom. The lowest BCUT2D eigenvalue weighted by Crippen LogP contribution is -2.10. The lowest BCUT2D eigenvalue weighted by Gasteiger charge is -2.11. The van der Waals surface area contributed by atoms with Gasteiger partial charge in [0.2, 0.25) is 0 Å². The molecule has 1 saturated heterocycles. The fourth-order valence-electron chi connectivity index (χ4n) is 2.11. The van der Waals surface area contributed by atoms with Gasteiger partial charge >= 0.3 is 0 Å². The quantitative estimate of drug-likeness (QED) is 0.872. The van der Waals surface area contributed by atoms with Crippen LogP contribution in [-0.2, 0) is 11.2 Å². The van der Waals surface area contributed by atoms with Crippen molar-refractivity contribution in [2.24, 2.45) is 0 Å². The van der Waals surface area contributed by atoms with Crippen molar-refractivity contribution >= 4 is 11.6 Å². The molecule has 1 aliphatic heterocycles. The van der Waals surface area contributed by atoms with E-state index in [-0.39, 0.29) is 0 Å². The number of ether oxygens (including phenoxy) is 1. The zero-order chi connectivity index (χ0) is 11.4. The Labute approximate surface area is 102 Å². The Morgan fingerprint density at radius 1 is 1.50 bits per heavy atom. The summed E-state index contributed by atoms with van der Waals surface area (Å²) in [5.41, 5.74) is 2.54. The third-order valence-electron chi connectivity index (χ3n) is 3.10. The fourth-order valence-corrected chi connectivity index (χ4v) is 2.46. The Hall–Kier alpha value is -0.570. The Morgan fingerprint density at radius 2 is 2.38 bits per heavy atom. The molecule has 1 unspecified atom stereocenters. The third-order valence-corrected chi connectivity index (χ3v) is 3.43. The van der Waals surface area contributed by atoms with Gasteiger partial charge in [0, 0.05) is 17.5 Å². The Kier molecular flexibility index (Phi) is 4.22. The summed E-state index contributed by atoms with van der Waals surface area (Å²) in [5, 5.41) is 4.03. The number of benzene rings is 1. The lowest BCUT2D eigenvalue weighted by molar-refractivity contribution is 0.194. The largest absolute Gasteiger partial charge is 0.381 e. The van der Waals surface area contributed by atoms with Crippen LogP contribution in [0.15, 0.2) is 18.2 Å². The van der Waals surface area contributed by atoms with Crippen LogP contribution in [0.5, 0.6) is 0 Å². The normalized spacial score (nSPS) is 20.2. The van der Waals surface area contributed by atoms with Gasteiger partial charge < -0.3 is 10.1 Å². The van der Waals surface area contributed by atoms with Crippen LogP contribution in [0.2, 0.25) is 5.02 Å². The van der Waals surface area contributed by atoms with Crippen molar-refractivity contribution in [3.8, 4) is 0 Å². The molecule has 0 amide bonds. The second-order valence-corrected chi connectivity index (χ2v) is 4.68. The van der Waals surface area contributed by atoms with Gasteiger partial charge in [-0.3, -0.25) is 0 Å². The highest BCUT2D eigenvalue weighted by Crippen LogP contribution is 2.31. The van der Waals surface area contributed by atoms with Gasteiger partial charge in [-0.2, -0.15) is 0 Å². The predicted octanol–water partition coefficient (Wildman–Crippen LogP) is 2.61. The van der Waals surface area contributed by atoms with Crippen LogP contribution in [-0.4, -0.2) is 26.8 Å². The van der Waals surface area contributed by atoms with Crippen molar-refractivity contribution in [3.63, 3.8) is 0 Å². The zero-order valence-electron chi connectivity index (χ0n) is 9.63. The van der Waals surface area contributed by atoms with Gasteiger partial charge in [-0.25, -0.2) is 0 Å². The summed E-state index contributed by atoms with van der Waals surface area (Å²) in [7, 11) is 1.96. The molecule has 0 saturated carbocycles. The number of rotatable bonds is 4. The molecule has 0 spiro atoms. The molecule has 1 atom stereocenters. The molecule has 1 aliphatic rings. The maximum atomic E-state index is 6.31. The summed E-state index contributed by atoms with van der Waals surface area (Å²) < 4.78 is 5.39. The van der Waals surface area contributed by atoms with E-state index >= 15 is 0 Å². The molecular weight excluding hydrogens is 222 g/mol. The highest BCUT2D eigenvalue weighted by Gasteiger charge is 2.19. The monoisotopic (exact) mass is 239 g/mol. The average Bonchev–Trinajstić information content (AvgIpc) is 2.80. The van der Waals surface area contributed by atoms with Crippen LogP contribution in [0.4, 0.5) is 0 Å². The summed E-state index contributed by atoms with van der Waals surface area (Å²) in [4.78, 5) is 0. The third kappa shape index (κ3) is 2.76. The minimum atomic E-state index is 0.492. The van der Waals surface area contributed by atoms with Crippen LogP contribution in [0, 0.1) is 0 Å². The molecule has 0 bridgehead atoms. The zero-order valence-corrected chi connectivity index (χ0v) is 10.4. The summed E-state index contributed by atoms with van der Waals surface area (Å²) >= 11 is 6.31. The molecule has 2 nitrogen and oxygen atoms in total. The van der Waals surface area contributed by atoms with Gasteiger partial charge in [0.05, 0.1) is 6.61 Å². The van der Waals surface area contributed by atoms with Crippen molar-refractivity contribution in [1.29, 1.82) is 0 Å². The van der Waals surface area contributed by atoms with E-state index in [9.17, 15) is 0 Å². The smallest absolute Gasteiger partial charge is 0.0536 e. The van der Waals surface area contributed by atoms with Crippen molar-refractivity contribution < 1.29 is 4.74 Å². The number of likely N-dealkylation sites (N-methyl/N-ethyl adjacent to an activating group) is 1. The van der Waals surface area contributed by atoms with Gasteiger partial charge in [0.25, 0.3) is 0 Å². The molecule has 3 heteroatoms. The van der Waals surface area contributed by atoms with E-state index < -0.39 is 0 Å². The topological polar surface area (TPSA) is 21.3 Å².